The molecule has 7 nitrogen and oxygen atoms in total. The predicted molar refractivity (Wildman–Crippen MR) is 109 cm³/mol. The lowest BCUT2D eigenvalue weighted by Gasteiger charge is -2.18. The Kier molecular flexibility index (Phi) is 6.95. The predicted octanol–water partition coefficient (Wildman–Crippen LogP) is 4.14. The summed E-state index contributed by atoms with van der Waals surface area (Å²) in [5.74, 6) is 1.24. The Hall–Kier alpha value is -2.35. The van der Waals surface area contributed by atoms with Crippen LogP contribution in [-0.4, -0.2) is 27.6 Å². The number of aryl methyl sites for hydroxylation is 1. The molecule has 29 heavy (non-hydrogen) atoms. The minimum atomic E-state index is -0.374. The van der Waals surface area contributed by atoms with Crippen molar-refractivity contribution in [3.05, 3.63) is 33.6 Å². The molecule has 0 saturated heterocycles. The molecule has 1 aliphatic carbocycles. The largest absolute Gasteiger partial charge is 0.344 e. The number of hydrogen-bond acceptors (Lipinski definition) is 7. The molecule has 1 aliphatic rings. The second kappa shape index (κ2) is 9.43. The van der Waals surface area contributed by atoms with E-state index in [4.69, 9.17) is 4.52 Å². The zero-order valence-corrected chi connectivity index (χ0v) is 17.9. The molecular weight excluding hydrogens is 390 g/mol. The molecule has 3 rings (SSSR count). The van der Waals surface area contributed by atoms with Gasteiger partial charge < -0.3 is 9.84 Å². The molecule has 1 atom stereocenters. The number of thiophene rings is 1. The fourth-order valence-electron chi connectivity index (χ4n) is 2.98. The first-order valence-corrected chi connectivity index (χ1v) is 10.9. The summed E-state index contributed by atoms with van der Waals surface area (Å²) < 4.78 is 5.35. The fraction of sp³-hybridized carbons (Fsp3) is 0.571. The van der Waals surface area contributed by atoms with Crippen LogP contribution in [-0.2, 0) is 9.59 Å². The number of carbonyl (C=O) groups excluding carboxylic acids is 3. The van der Waals surface area contributed by atoms with E-state index in [1.165, 1.54) is 11.3 Å². The second-order valence-corrected chi connectivity index (χ2v) is 9.21. The van der Waals surface area contributed by atoms with Crippen LogP contribution in [0.15, 0.2) is 16.7 Å². The summed E-state index contributed by atoms with van der Waals surface area (Å²) in [6, 6.07) is 3.31. The zero-order chi connectivity index (χ0) is 21.0. The summed E-state index contributed by atoms with van der Waals surface area (Å²) in [4.78, 5) is 42.7. The van der Waals surface area contributed by atoms with Crippen molar-refractivity contribution in [1.82, 2.24) is 15.5 Å². The lowest BCUT2D eigenvalue weighted by atomic mass is 10.0. The fourth-order valence-corrected chi connectivity index (χ4v) is 3.81. The maximum Gasteiger partial charge on any atom is 0.249 e. The lowest BCUT2D eigenvalue weighted by molar-refractivity contribution is -0.126. The van der Waals surface area contributed by atoms with Gasteiger partial charge in [0.05, 0.1) is 4.88 Å². The standard InChI is InChI=1S/C21H27N3O4S/c1-12(2)19(21-23-20(24-28-21)14-5-6-14)22-18(27)11-8-15(25)7-9-16(26)17-10-4-13(3)29-17/h4,10,12,14,19H,5-9,11H2,1-3H3,(H,22,27). The molecule has 156 valence electrons. The molecule has 1 N–H and O–H groups in total. The van der Waals surface area contributed by atoms with Crippen LogP contribution in [0.25, 0.3) is 0 Å². The van der Waals surface area contributed by atoms with Gasteiger partial charge in [-0.3, -0.25) is 14.4 Å². The Morgan fingerprint density at radius 1 is 1.17 bits per heavy atom. The summed E-state index contributed by atoms with van der Waals surface area (Å²) in [5.41, 5.74) is 0. The van der Waals surface area contributed by atoms with Crippen molar-refractivity contribution in [1.29, 1.82) is 0 Å². The maximum absolute atomic E-state index is 12.3. The molecule has 2 heterocycles. The highest BCUT2D eigenvalue weighted by Crippen LogP contribution is 2.38. The summed E-state index contributed by atoms with van der Waals surface area (Å²) in [5, 5.41) is 6.91. The average Bonchev–Trinajstić information content (AvgIpc) is 3.25. The minimum absolute atomic E-state index is 0.0244. The highest BCUT2D eigenvalue weighted by molar-refractivity contribution is 7.14. The number of Topliss-reactive ketones (excluding diaryl/α,β-unsaturated/α-hetero) is 2. The van der Waals surface area contributed by atoms with Crippen molar-refractivity contribution in [3.8, 4) is 0 Å². The average molecular weight is 418 g/mol. The Labute approximate surface area is 174 Å². The van der Waals surface area contributed by atoms with Crippen molar-refractivity contribution in [2.45, 2.75) is 71.3 Å². The van der Waals surface area contributed by atoms with Crippen molar-refractivity contribution < 1.29 is 18.9 Å². The monoisotopic (exact) mass is 417 g/mol. The highest BCUT2D eigenvalue weighted by atomic mass is 32.1. The van der Waals surface area contributed by atoms with E-state index in [1.807, 2.05) is 26.8 Å². The van der Waals surface area contributed by atoms with Crippen molar-refractivity contribution >= 4 is 28.8 Å². The molecule has 0 aromatic carbocycles. The van der Waals surface area contributed by atoms with Gasteiger partial charge in [0.25, 0.3) is 0 Å². The third kappa shape index (κ3) is 6.06. The molecular formula is C21H27N3O4S. The van der Waals surface area contributed by atoms with Gasteiger partial charge in [-0.15, -0.1) is 11.3 Å². The van der Waals surface area contributed by atoms with E-state index < -0.39 is 0 Å². The van der Waals surface area contributed by atoms with E-state index in [1.54, 1.807) is 6.07 Å². The molecule has 2 aromatic heterocycles. The Morgan fingerprint density at radius 2 is 1.90 bits per heavy atom. The zero-order valence-electron chi connectivity index (χ0n) is 17.1. The van der Waals surface area contributed by atoms with Crippen LogP contribution in [0.5, 0.6) is 0 Å². The van der Waals surface area contributed by atoms with Crippen molar-refractivity contribution in [2.24, 2.45) is 5.92 Å². The molecule has 1 saturated carbocycles. The molecule has 1 fully saturated rings. The first-order chi connectivity index (χ1) is 13.8. The smallest absolute Gasteiger partial charge is 0.249 e. The second-order valence-electron chi connectivity index (χ2n) is 7.93. The van der Waals surface area contributed by atoms with Crippen LogP contribution in [0.1, 0.15) is 90.6 Å². The SMILES string of the molecule is Cc1ccc(C(=O)CCC(=O)CCC(=O)NC(c2nc(C3CC3)no2)C(C)C)s1. The number of nitrogens with one attached hydrogen (secondary N) is 1. The van der Waals surface area contributed by atoms with E-state index in [9.17, 15) is 14.4 Å². The topological polar surface area (TPSA) is 102 Å². The summed E-state index contributed by atoms with van der Waals surface area (Å²) >= 11 is 1.44. The molecule has 2 aromatic rings. The van der Waals surface area contributed by atoms with Gasteiger partial charge in [-0.25, -0.2) is 0 Å². The number of ketones is 2. The van der Waals surface area contributed by atoms with Gasteiger partial charge in [0.1, 0.15) is 11.8 Å². The third-order valence-electron chi connectivity index (χ3n) is 4.93. The van der Waals surface area contributed by atoms with Crippen LogP contribution >= 0.6 is 11.3 Å². The first kappa shape index (κ1) is 21.4. The van der Waals surface area contributed by atoms with Crippen molar-refractivity contribution in [3.63, 3.8) is 0 Å². The van der Waals surface area contributed by atoms with E-state index in [2.05, 4.69) is 15.5 Å². The lowest BCUT2D eigenvalue weighted by Crippen LogP contribution is -2.32. The molecule has 0 radical (unpaired) electrons. The van der Waals surface area contributed by atoms with Gasteiger partial charge in [-0.1, -0.05) is 19.0 Å². The number of carbonyl (C=O) groups is 3. The summed E-state index contributed by atoms with van der Waals surface area (Å²) in [6.07, 6.45) is 2.69. The van der Waals surface area contributed by atoms with Crippen LogP contribution in [0.2, 0.25) is 0 Å². The number of amides is 1. The molecule has 0 spiro atoms. The Morgan fingerprint density at radius 3 is 2.52 bits per heavy atom. The van der Waals surface area contributed by atoms with Gasteiger partial charge in [-0.05, 0) is 37.8 Å². The highest BCUT2D eigenvalue weighted by Gasteiger charge is 2.31. The van der Waals surface area contributed by atoms with Gasteiger partial charge in [-0.2, -0.15) is 4.98 Å². The van der Waals surface area contributed by atoms with Gasteiger partial charge in [0.15, 0.2) is 11.6 Å². The molecule has 8 heteroatoms. The normalized spacial score (nSPS) is 14.8. The first-order valence-electron chi connectivity index (χ1n) is 10.1. The van der Waals surface area contributed by atoms with E-state index >= 15 is 0 Å². The van der Waals surface area contributed by atoms with Crippen LogP contribution in [0, 0.1) is 12.8 Å². The molecule has 0 aliphatic heterocycles. The van der Waals surface area contributed by atoms with Gasteiger partial charge >= 0.3 is 0 Å². The van der Waals surface area contributed by atoms with E-state index in [0.29, 0.717) is 22.5 Å². The minimum Gasteiger partial charge on any atom is -0.344 e. The van der Waals surface area contributed by atoms with Gasteiger partial charge in [0, 0.05) is 36.5 Å². The number of rotatable bonds is 11. The number of hydrogen-bond donors (Lipinski definition) is 1. The van der Waals surface area contributed by atoms with Gasteiger partial charge in [0.2, 0.25) is 11.8 Å². The third-order valence-corrected chi connectivity index (χ3v) is 5.97. The molecule has 1 amide bonds. The maximum atomic E-state index is 12.3. The number of nitrogens with zero attached hydrogens (tertiary/aromatic N) is 2. The molecule has 1 unspecified atom stereocenters. The Balaban J connectivity index is 1.43. The van der Waals surface area contributed by atoms with Crippen LogP contribution in [0.3, 0.4) is 0 Å². The summed E-state index contributed by atoms with van der Waals surface area (Å²) in [7, 11) is 0. The Bertz CT molecular complexity index is 882. The number of aromatic nitrogens is 2. The summed E-state index contributed by atoms with van der Waals surface area (Å²) in [6.45, 7) is 5.88. The van der Waals surface area contributed by atoms with E-state index in [-0.39, 0.29) is 55.1 Å². The van der Waals surface area contributed by atoms with Crippen LogP contribution in [0.4, 0.5) is 0 Å². The van der Waals surface area contributed by atoms with Crippen molar-refractivity contribution in [2.75, 3.05) is 0 Å². The molecule has 0 bridgehead atoms. The van der Waals surface area contributed by atoms with E-state index in [0.717, 1.165) is 17.7 Å². The van der Waals surface area contributed by atoms with Crippen LogP contribution < -0.4 is 5.32 Å². The quantitative estimate of drug-likeness (QED) is 0.551.